The lowest BCUT2D eigenvalue weighted by atomic mass is 9.82. The second-order valence-corrected chi connectivity index (χ2v) is 9.98. The predicted molar refractivity (Wildman–Crippen MR) is 128 cm³/mol. The topological polar surface area (TPSA) is 99.1 Å². The molecule has 0 bridgehead atoms. The molecule has 1 aromatic rings. The molecule has 190 valence electrons. The minimum Gasteiger partial charge on any atom is -0.458 e. The average Bonchev–Trinajstić information content (AvgIpc) is 2.98. The Morgan fingerprint density at radius 2 is 1.62 bits per heavy atom. The Morgan fingerprint density at radius 3 is 2.21 bits per heavy atom. The molecular weight excluding hydrogens is 436 g/mol. The van der Waals surface area contributed by atoms with Gasteiger partial charge in [-0.25, -0.2) is 0 Å². The lowest BCUT2D eigenvalue weighted by molar-refractivity contribution is -0.167. The van der Waals surface area contributed by atoms with Crippen LogP contribution in [-0.4, -0.2) is 40.3 Å². The highest BCUT2D eigenvalue weighted by atomic mass is 16.6. The fraction of sp³-hybridized carbons (Fsp3) is 0.667. The number of carbonyl (C=O) groups is 3. The molecule has 3 atom stereocenters. The second kappa shape index (κ2) is 12.9. The molecule has 0 unspecified atom stereocenters. The lowest BCUT2D eigenvalue weighted by Crippen LogP contribution is -2.45. The number of carbonyl (C=O) groups excluding carboxylic acids is 3. The van der Waals surface area contributed by atoms with E-state index >= 15 is 0 Å². The van der Waals surface area contributed by atoms with Gasteiger partial charge in [0.2, 0.25) is 0 Å². The van der Waals surface area contributed by atoms with Gasteiger partial charge >= 0.3 is 17.9 Å². The Balaban J connectivity index is 1.57. The summed E-state index contributed by atoms with van der Waals surface area (Å²) in [4.78, 5) is 34.1. The van der Waals surface area contributed by atoms with E-state index in [9.17, 15) is 19.5 Å². The highest BCUT2D eigenvalue weighted by molar-refractivity contribution is 5.75. The molecule has 7 heteroatoms. The van der Waals surface area contributed by atoms with Crippen LogP contribution in [0.5, 0.6) is 5.75 Å². The van der Waals surface area contributed by atoms with Crippen LogP contribution in [0.3, 0.4) is 0 Å². The largest absolute Gasteiger partial charge is 0.458 e. The van der Waals surface area contributed by atoms with Gasteiger partial charge in [0.25, 0.3) is 0 Å². The number of unbranched alkanes of at least 4 members (excludes halogenated alkanes) is 6. The Labute approximate surface area is 203 Å². The molecule has 0 aromatic heterocycles. The molecule has 1 N–H and O–H groups in total. The number of hydrogen-bond acceptors (Lipinski definition) is 7. The van der Waals surface area contributed by atoms with Crippen LogP contribution in [0.4, 0.5) is 0 Å². The second-order valence-electron chi connectivity index (χ2n) is 9.98. The molecular formula is C27H40O7. The van der Waals surface area contributed by atoms with Crippen molar-refractivity contribution in [2.24, 2.45) is 0 Å². The van der Waals surface area contributed by atoms with Crippen molar-refractivity contribution in [1.82, 2.24) is 0 Å². The minimum atomic E-state index is -0.997. The zero-order valence-corrected chi connectivity index (χ0v) is 21.1. The summed E-state index contributed by atoms with van der Waals surface area (Å²) in [5, 5.41) is 10.9. The molecule has 1 aromatic carbocycles. The molecule has 34 heavy (non-hydrogen) atoms. The summed E-state index contributed by atoms with van der Waals surface area (Å²) in [5.41, 5.74) is -0.744. The van der Waals surface area contributed by atoms with Gasteiger partial charge in [-0.05, 0) is 50.8 Å². The van der Waals surface area contributed by atoms with Crippen molar-refractivity contribution in [1.29, 1.82) is 0 Å². The molecule has 0 saturated carbocycles. The molecule has 1 aliphatic rings. The summed E-state index contributed by atoms with van der Waals surface area (Å²) in [6, 6.07) is 7.68. The van der Waals surface area contributed by atoms with Crippen molar-refractivity contribution >= 4 is 17.9 Å². The van der Waals surface area contributed by atoms with Gasteiger partial charge in [0.05, 0.1) is 12.0 Å². The number of ether oxygens (including phenoxy) is 3. The molecule has 0 spiro atoms. The fourth-order valence-electron chi connectivity index (χ4n) is 4.70. The summed E-state index contributed by atoms with van der Waals surface area (Å²) < 4.78 is 15.8. The maximum Gasteiger partial charge on any atom is 0.310 e. The van der Waals surface area contributed by atoms with Crippen LogP contribution >= 0.6 is 0 Å². The summed E-state index contributed by atoms with van der Waals surface area (Å²) in [6.07, 6.45) is 8.94. The number of esters is 3. The number of benzene rings is 1. The molecule has 0 aliphatic carbocycles. The van der Waals surface area contributed by atoms with Crippen LogP contribution in [0.2, 0.25) is 0 Å². The normalized spacial score (nSPS) is 21.6. The Bertz CT molecular complexity index is 815. The quantitative estimate of drug-likeness (QED) is 0.228. The van der Waals surface area contributed by atoms with Crippen LogP contribution in [0.15, 0.2) is 24.3 Å². The van der Waals surface area contributed by atoms with E-state index in [-0.39, 0.29) is 18.8 Å². The van der Waals surface area contributed by atoms with Crippen LogP contribution < -0.4 is 4.74 Å². The third kappa shape index (κ3) is 9.84. The van der Waals surface area contributed by atoms with Gasteiger partial charge in [0.1, 0.15) is 11.4 Å². The molecule has 1 fully saturated rings. The van der Waals surface area contributed by atoms with Crippen LogP contribution in [0.25, 0.3) is 0 Å². The molecule has 1 aliphatic heterocycles. The Kier molecular flexibility index (Phi) is 10.5. The number of aryl methyl sites for hydroxylation is 1. The number of aliphatic hydroxyl groups is 1. The van der Waals surface area contributed by atoms with Gasteiger partial charge in [0, 0.05) is 20.3 Å². The van der Waals surface area contributed by atoms with E-state index in [1.807, 2.05) is 24.3 Å². The third-order valence-electron chi connectivity index (χ3n) is 6.29. The highest BCUT2D eigenvalue weighted by Gasteiger charge is 2.50. The van der Waals surface area contributed by atoms with Crippen molar-refractivity contribution in [2.75, 3.05) is 0 Å². The van der Waals surface area contributed by atoms with Crippen molar-refractivity contribution < 1.29 is 33.7 Å². The first-order chi connectivity index (χ1) is 16.0. The van der Waals surface area contributed by atoms with Crippen LogP contribution in [0, 0.1) is 0 Å². The van der Waals surface area contributed by atoms with Crippen molar-refractivity contribution in [3.63, 3.8) is 0 Å². The standard InChI is InChI=1S/C27H40O7/c1-20(28)32-23-15-13-22(14-16-23)12-10-8-6-5-7-9-11-17-26(3,31)19-27(4)24(33-21(2)29)18-25(30)34-27/h13-16,24,31H,5-12,17-19H2,1-4H3/t24-,26+,27-/m0/s1. The summed E-state index contributed by atoms with van der Waals surface area (Å²) >= 11 is 0. The predicted octanol–water partition coefficient (Wildman–Crippen LogP) is 5.05. The van der Waals surface area contributed by atoms with Crippen molar-refractivity contribution in [3.05, 3.63) is 29.8 Å². The van der Waals surface area contributed by atoms with Gasteiger partial charge in [-0.15, -0.1) is 0 Å². The maximum atomic E-state index is 11.8. The molecule has 2 rings (SSSR count). The van der Waals surface area contributed by atoms with Gasteiger partial charge in [-0.1, -0.05) is 50.7 Å². The smallest absolute Gasteiger partial charge is 0.310 e. The van der Waals surface area contributed by atoms with Crippen LogP contribution in [0.1, 0.15) is 97.5 Å². The van der Waals surface area contributed by atoms with Crippen molar-refractivity contribution in [3.8, 4) is 5.75 Å². The molecule has 1 saturated heterocycles. The van der Waals surface area contributed by atoms with Gasteiger partial charge in [0.15, 0.2) is 6.10 Å². The van der Waals surface area contributed by atoms with E-state index in [2.05, 4.69) is 0 Å². The van der Waals surface area contributed by atoms with E-state index in [1.165, 1.54) is 32.3 Å². The fourth-order valence-corrected chi connectivity index (χ4v) is 4.70. The Hall–Kier alpha value is -2.41. The van der Waals surface area contributed by atoms with E-state index in [1.54, 1.807) is 13.8 Å². The molecule has 0 radical (unpaired) electrons. The van der Waals surface area contributed by atoms with E-state index in [0.29, 0.717) is 12.2 Å². The lowest BCUT2D eigenvalue weighted by Gasteiger charge is -2.35. The number of hydrogen-bond donors (Lipinski definition) is 1. The number of rotatable bonds is 14. The van der Waals surface area contributed by atoms with Crippen molar-refractivity contribution in [2.45, 2.75) is 116 Å². The summed E-state index contributed by atoms with van der Waals surface area (Å²) in [6.45, 7) is 6.20. The molecule has 0 amide bonds. The highest BCUT2D eigenvalue weighted by Crippen LogP contribution is 2.38. The molecule has 7 nitrogen and oxygen atoms in total. The average molecular weight is 477 g/mol. The SMILES string of the molecule is CC(=O)Oc1ccc(CCCCCCCCC[C@@](C)(O)C[C@]2(C)OC(=O)C[C@@H]2OC(C)=O)cc1. The van der Waals surface area contributed by atoms with E-state index in [4.69, 9.17) is 14.2 Å². The summed E-state index contributed by atoms with van der Waals surface area (Å²) in [5.74, 6) is -0.578. The van der Waals surface area contributed by atoms with Crippen LogP contribution in [-0.2, 0) is 30.3 Å². The monoisotopic (exact) mass is 476 g/mol. The van der Waals surface area contributed by atoms with Gasteiger partial charge < -0.3 is 19.3 Å². The number of cyclic esters (lactones) is 1. The Morgan fingerprint density at radius 1 is 1.03 bits per heavy atom. The first-order valence-corrected chi connectivity index (χ1v) is 12.4. The first-order valence-electron chi connectivity index (χ1n) is 12.4. The maximum absolute atomic E-state index is 11.8. The minimum absolute atomic E-state index is 0.0335. The van der Waals surface area contributed by atoms with Gasteiger partial charge in [-0.2, -0.15) is 0 Å². The first kappa shape index (κ1) is 27.8. The summed E-state index contributed by atoms with van der Waals surface area (Å²) in [7, 11) is 0. The van der Waals surface area contributed by atoms with E-state index in [0.717, 1.165) is 38.5 Å². The zero-order chi connectivity index (χ0) is 25.2. The van der Waals surface area contributed by atoms with E-state index < -0.39 is 29.2 Å². The zero-order valence-electron chi connectivity index (χ0n) is 21.1. The van der Waals surface area contributed by atoms with Gasteiger partial charge in [-0.3, -0.25) is 14.4 Å². The molecule has 1 heterocycles. The third-order valence-corrected chi connectivity index (χ3v) is 6.29.